The first-order chi connectivity index (χ1) is 13.4. The van der Waals surface area contributed by atoms with Crippen molar-refractivity contribution in [3.05, 3.63) is 29.3 Å². The van der Waals surface area contributed by atoms with Crippen molar-refractivity contribution in [2.75, 3.05) is 26.1 Å². The van der Waals surface area contributed by atoms with Crippen LogP contribution in [0.5, 0.6) is 0 Å². The largest absolute Gasteiger partial charge is 0.465 e. The summed E-state index contributed by atoms with van der Waals surface area (Å²) in [4.78, 5) is 50.7. The number of anilines is 1. The Kier molecular flexibility index (Phi) is 5.96. The standard InChI is InChI=1S/C20H24N2O6/c1-27-19(25)12-7-8-15(20(26)28-2)16(9-12)21-18(24)13-10-17(23)22(11-13)14-5-3-4-6-14/h7-9,13-14H,3-6,10-11H2,1-2H3,(H,21,24)/t13-/m1/s1. The van der Waals surface area contributed by atoms with Gasteiger partial charge in [0.2, 0.25) is 11.8 Å². The number of amides is 2. The van der Waals surface area contributed by atoms with E-state index in [2.05, 4.69) is 10.1 Å². The zero-order valence-electron chi connectivity index (χ0n) is 16.0. The van der Waals surface area contributed by atoms with Crippen molar-refractivity contribution in [2.24, 2.45) is 5.92 Å². The number of carbonyl (C=O) groups is 4. The van der Waals surface area contributed by atoms with Gasteiger partial charge >= 0.3 is 11.9 Å². The molecule has 0 spiro atoms. The lowest BCUT2D eigenvalue weighted by atomic mass is 10.1. The molecule has 1 N–H and O–H groups in total. The highest BCUT2D eigenvalue weighted by molar-refractivity contribution is 6.05. The molecule has 1 aliphatic carbocycles. The summed E-state index contributed by atoms with van der Waals surface area (Å²) in [6.07, 6.45) is 4.32. The quantitative estimate of drug-likeness (QED) is 0.774. The molecule has 150 valence electrons. The lowest BCUT2D eigenvalue weighted by molar-refractivity contribution is -0.129. The number of esters is 2. The number of benzene rings is 1. The number of nitrogens with zero attached hydrogens (tertiary/aromatic N) is 1. The number of likely N-dealkylation sites (tertiary alicyclic amines) is 1. The monoisotopic (exact) mass is 388 g/mol. The van der Waals surface area contributed by atoms with Gasteiger partial charge in [-0.1, -0.05) is 12.8 Å². The molecule has 0 bridgehead atoms. The van der Waals surface area contributed by atoms with E-state index in [1.54, 1.807) is 0 Å². The van der Waals surface area contributed by atoms with Crippen molar-refractivity contribution in [1.82, 2.24) is 4.90 Å². The Hall–Kier alpha value is -2.90. The van der Waals surface area contributed by atoms with Crippen LogP contribution in [0.3, 0.4) is 0 Å². The Balaban J connectivity index is 1.77. The summed E-state index contributed by atoms with van der Waals surface area (Å²) in [5, 5.41) is 2.69. The van der Waals surface area contributed by atoms with Crippen LogP contribution in [0.25, 0.3) is 0 Å². The van der Waals surface area contributed by atoms with Crippen LogP contribution in [-0.2, 0) is 19.1 Å². The minimum absolute atomic E-state index is 0.0106. The number of hydrogen-bond acceptors (Lipinski definition) is 6. The second-order valence-corrected chi connectivity index (χ2v) is 7.12. The molecule has 8 heteroatoms. The minimum Gasteiger partial charge on any atom is -0.465 e. The highest BCUT2D eigenvalue weighted by atomic mass is 16.5. The summed E-state index contributed by atoms with van der Waals surface area (Å²) in [7, 11) is 2.48. The van der Waals surface area contributed by atoms with Gasteiger partial charge in [-0.15, -0.1) is 0 Å². The summed E-state index contributed by atoms with van der Waals surface area (Å²) < 4.78 is 9.43. The predicted molar refractivity (Wildman–Crippen MR) is 99.8 cm³/mol. The van der Waals surface area contributed by atoms with Gasteiger partial charge in [-0.2, -0.15) is 0 Å². The Labute approximate surface area is 163 Å². The number of carbonyl (C=O) groups excluding carboxylic acids is 4. The molecule has 1 saturated heterocycles. The van der Waals surface area contributed by atoms with E-state index in [-0.39, 0.29) is 41.1 Å². The highest BCUT2D eigenvalue weighted by Gasteiger charge is 2.38. The molecule has 28 heavy (non-hydrogen) atoms. The average Bonchev–Trinajstić information content (AvgIpc) is 3.36. The van der Waals surface area contributed by atoms with E-state index in [9.17, 15) is 19.2 Å². The lowest BCUT2D eigenvalue weighted by Crippen LogP contribution is -2.35. The number of methoxy groups -OCH3 is 2. The smallest absolute Gasteiger partial charge is 0.339 e. The molecule has 8 nitrogen and oxygen atoms in total. The summed E-state index contributed by atoms with van der Waals surface area (Å²) in [5.41, 5.74) is 0.479. The summed E-state index contributed by atoms with van der Waals surface area (Å²) in [6.45, 7) is 0.375. The second kappa shape index (κ2) is 8.41. The molecule has 1 aliphatic heterocycles. The van der Waals surface area contributed by atoms with E-state index in [1.165, 1.54) is 32.4 Å². The maximum Gasteiger partial charge on any atom is 0.339 e. The molecule has 3 rings (SSSR count). The number of hydrogen-bond donors (Lipinski definition) is 1. The molecule has 0 unspecified atom stereocenters. The van der Waals surface area contributed by atoms with Gasteiger partial charge in [0.25, 0.3) is 0 Å². The Morgan fingerprint density at radius 2 is 1.75 bits per heavy atom. The topological polar surface area (TPSA) is 102 Å². The van der Waals surface area contributed by atoms with Gasteiger partial charge in [-0.25, -0.2) is 9.59 Å². The van der Waals surface area contributed by atoms with Crippen molar-refractivity contribution in [3.8, 4) is 0 Å². The fourth-order valence-electron chi connectivity index (χ4n) is 3.89. The van der Waals surface area contributed by atoms with Crippen molar-refractivity contribution < 1.29 is 28.7 Å². The van der Waals surface area contributed by atoms with E-state index in [4.69, 9.17) is 4.74 Å². The number of rotatable bonds is 5. The zero-order chi connectivity index (χ0) is 20.3. The second-order valence-electron chi connectivity index (χ2n) is 7.12. The first-order valence-electron chi connectivity index (χ1n) is 9.35. The van der Waals surface area contributed by atoms with Crippen molar-refractivity contribution in [1.29, 1.82) is 0 Å². The van der Waals surface area contributed by atoms with E-state index < -0.39 is 17.9 Å². The third kappa shape index (κ3) is 4.00. The molecular weight excluding hydrogens is 364 g/mol. The molecule has 1 heterocycles. The Morgan fingerprint density at radius 3 is 2.39 bits per heavy atom. The van der Waals surface area contributed by atoms with E-state index >= 15 is 0 Å². The molecule has 0 radical (unpaired) electrons. The fraction of sp³-hybridized carbons (Fsp3) is 0.500. The zero-order valence-corrected chi connectivity index (χ0v) is 16.0. The van der Waals surface area contributed by atoms with Gasteiger partial charge in [-0.05, 0) is 31.0 Å². The van der Waals surface area contributed by atoms with Gasteiger partial charge in [0.1, 0.15) is 0 Å². The van der Waals surface area contributed by atoms with Crippen LogP contribution < -0.4 is 5.32 Å². The first-order valence-corrected chi connectivity index (χ1v) is 9.35. The summed E-state index contributed by atoms with van der Waals surface area (Å²) in [5.74, 6) is -2.10. The minimum atomic E-state index is -0.637. The van der Waals surface area contributed by atoms with Gasteiger partial charge in [-0.3, -0.25) is 9.59 Å². The van der Waals surface area contributed by atoms with Gasteiger partial charge in [0, 0.05) is 19.0 Å². The normalized spacial score (nSPS) is 19.6. The number of nitrogens with one attached hydrogen (secondary N) is 1. The van der Waals surface area contributed by atoms with Crippen LogP contribution in [-0.4, -0.2) is 55.5 Å². The molecule has 0 aromatic heterocycles. The Morgan fingerprint density at radius 1 is 1.07 bits per heavy atom. The van der Waals surface area contributed by atoms with Crippen LogP contribution in [0.2, 0.25) is 0 Å². The molecule has 1 aromatic rings. The van der Waals surface area contributed by atoms with Crippen LogP contribution in [0.1, 0.15) is 52.8 Å². The average molecular weight is 388 g/mol. The SMILES string of the molecule is COC(=O)c1ccc(C(=O)OC)c(NC(=O)[C@@H]2CC(=O)N(C3CCCC3)C2)c1. The predicted octanol–water partition coefficient (Wildman–Crippen LogP) is 1.99. The maximum absolute atomic E-state index is 12.8. The van der Waals surface area contributed by atoms with Crippen molar-refractivity contribution in [3.63, 3.8) is 0 Å². The van der Waals surface area contributed by atoms with Gasteiger partial charge in [0.15, 0.2) is 0 Å². The molecule has 1 atom stereocenters. The van der Waals surface area contributed by atoms with Crippen LogP contribution in [0, 0.1) is 5.92 Å². The fourth-order valence-corrected chi connectivity index (χ4v) is 3.89. The van der Waals surface area contributed by atoms with Crippen LogP contribution >= 0.6 is 0 Å². The lowest BCUT2D eigenvalue weighted by Gasteiger charge is -2.24. The highest BCUT2D eigenvalue weighted by Crippen LogP contribution is 2.30. The summed E-state index contributed by atoms with van der Waals surface area (Å²) in [6, 6.07) is 4.42. The maximum atomic E-state index is 12.8. The molecule has 2 amide bonds. The third-order valence-corrected chi connectivity index (χ3v) is 5.40. The molecule has 1 saturated carbocycles. The van der Waals surface area contributed by atoms with Crippen LogP contribution in [0.4, 0.5) is 5.69 Å². The molecular formula is C20H24N2O6. The van der Waals surface area contributed by atoms with Crippen molar-refractivity contribution in [2.45, 2.75) is 38.1 Å². The van der Waals surface area contributed by atoms with E-state index in [0.717, 1.165) is 25.7 Å². The third-order valence-electron chi connectivity index (χ3n) is 5.40. The number of ether oxygens (including phenoxy) is 2. The Bertz CT molecular complexity index is 800. The van der Waals surface area contributed by atoms with Gasteiger partial charge in [0.05, 0.1) is 37.0 Å². The molecule has 2 fully saturated rings. The summed E-state index contributed by atoms with van der Waals surface area (Å²) >= 11 is 0. The molecule has 1 aromatic carbocycles. The van der Waals surface area contributed by atoms with Crippen molar-refractivity contribution >= 4 is 29.4 Å². The van der Waals surface area contributed by atoms with E-state index in [0.29, 0.717) is 6.54 Å². The molecule has 2 aliphatic rings. The van der Waals surface area contributed by atoms with E-state index in [1.807, 2.05) is 4.90 Å². The van der Waals surface area contributed by atoms with Crippen LogP contribution in [0.15, 0.2) is 18.2 Å². The van der Waals surface area contributed by atoms with Gasteiger partial charge < -0.3 is 19.7 Å². The first kappa shape index (κ1) is 19.9.